The van der Waals surface area contributed by atoms with Crippen LogP contribution in [0.4, 0.5) is 0 Å². The van der Waals surface area contributed by atoms with E-state index in [2.05, 4.69) is 44.7 Å². The Bertz CT molecular complexity index is 717. The number of benzene rings is 1. The fourth-order valence-corrected chi connectivity index (χ4v) is 2.58. The summed E-state index contributed by atoms with van der Waals surface area (Å²) in [4.78, 5) is 7.56. The van der Waals surface area contributed by atoms with Gasteiger partial charge in [-0.2, -0.15) is 4.98 Å². The molecule has 0 spiro atoms. The van der Waals surface area contributed by atoms with Crippen LogP contribution < -0.4 is 5.32 Å². The highest BCUT2D eigenvalue weighted by atomic mass is 16.5. The summed E-state index contributed by atoms with van der Waals surface area (Å²) in [5.74, 6) is 1.25. The van der Waals surface area contributed by atoms with E-state index in [1.165, 1.54) is 11.1 Å². The maximum atomic E-state index is 5.40. The number of hydrogen-bond donors (Lipinski definition) is 2. The van der Waals surface area contributed by atoms with Gasteiger partial charge < -0.3 is 14.8 Å². The summed E-state index contributed by atoms with van der Waals surface area (Å²) in [6, 6.07) is 12.4. The molecule has 3 aromatic rings. The van der Waals surface area contributed by atoms with Gasteiger partial charge in [0, 0.05) is 12.7 Å². The van der Waals surface area contributed by atoms with E-state index in [0.29, 0.717) is 11.7 Å². The first-order chi connectivity index (χ1) is 9.90. The standard InChI is InChI=1S/C15H14N4O/c1-2-5-11-9-17-13(8-10(11)4-1)15-18-14(19-20-15)12-6-3-7-16-12/h1-7,13,16-17H,8-9H2/t13-/m1/s1. The van der Waals surface area contributed by atoms with Crippen LogP contribution in [-0.4, -0.2) is 15.1 Å². The Morgan fingerprint density at radius 3 is 2.85 bits per heavy atom. The van der Waals surface area contributed by atoms with Crippen molar-refractivity contribution in [1.29, 1.82) is 0 Å². The van der Waals surface area contributed by atoms with E-state index < -0.39 is 0 Å². The smallest absolute Gasteiger partial charge is 0.244 e. The summed E-state index contributed by atoms with van der Waals surface area (Å²) in [7, 11) is 0. The van der Waals surface area contributed by atoms with Gasteiger partial charge in [0.1, 0.15) is 0 Å². The quantitative estimate of drug-likeness (QED) is 0.747. The van der Waals surface area contributed by atoms with Crippen LogP contribution >= 0.6 is 0 Å². The maximum absolute atomic E-state index is 5.40. The average molecular weight is 266 g/mol. The van der Waals surface area contributed by atoms with Crippen molar-refractivity contribution in [1.82, 2.24) is 20.4 Å². The molecule has 0 radical (unpaired) electrons. The van der Waals surface area contributed by atoms with Gasteiger partial charge in [-0.05, 0) is 29.7 Å². The van der Waals surface area contributed by atoms with Crippen molar-refractivity contribution in [3.63, 3.8) is 0 Å². The Balaban J connectivity index is 1.60. The number of fused-ring (bicyclic) bond motifs is 1. The normalized spacial score (nSPS) is 17.9. The van der Waals surface area contributed by atoms with E-state index in [4.69, 9.17) is 4.52 Å². The third-order valence-corrected chi connectivity index (χ3v) is 3.66. The Hall–Kier alpha value is -2.40. The van der Waals surface area contributed by atoms with Crippen LogP contribution in [0.1, 0.15) is 23.1 Å². The molecule has 5 heteroatoms. The lowest BCUT2D eigenvalue weighted by atomic mass is 9.96. The lowest BCUT2D eigenvalue weighted by molar-refractivity contribution is 0.321. The van der Waals surface area contributed by atoms with Crippen molar-refractivity contribution in [3.8, 4) is 11.5 Å². The first-order valence-corrected chi connectivity index (χ1v) is 6.68. The zero-order chi connectivity index (χ0) is 13.4. The fourth-order valence-electron chi connectivity index (χ4n) is 2.58. The van der Waals surface area contributed by atoms with Gasteiger partial charge in [0.15, 0.2) is 0 Å². The van der Waals surface area contributed by atoms with E-state index in [-0.39, 0.29) is 6.04 Å². The third-order valence-electron chi connectivity index (χ3n) is 3.66. The van der Waals surface area contributed by atoms with Crippen LogP contribution in [0.25, 0.3) is 11.5 Å². The largest absolute Gasteiger partial charge is 0.359 e. The van der Waals surface area contributed by atoms with Crippen molar-refractivity contribution in [2.45, 2.75) is 19.0 Å². The van der Waals surface area contributed by atoms with Crippen LogP contribution in [-0.2, 0) is 13.0 Å². The summed E-state index contributed by atoms with van der Waals surface area (Å²) < 4.78 is 5.40. The molecule has 20 heavy (non-hydrogen) atoms. The topological polar surface area (TPSA) is 66.7 Å². The summed E-state index contributed by atoms with van der Waals surface area (Å²) in [6.45, 7) is 0.834. The molecule has 100 valence electrons. The SMILES string of the molecule is c1c[nH]c(-c2noc([C@H]3Cc4ccccc4CN3)n2)c1. The van der Waals surface area contributed by atoms with Crippen LogP contribution in [0.2, 0.25) is 0 Å². The summed E-state index contributed by atoms with van der Waals surface area (Å²) >= 11 is 0. The van der Waals surface area contributed by atoms with Gasteiger partial charge in [-0.3, -0.25) is 0 Å². The molecule has 0 saturated heterocycles. The van der Waals surface area contributed by atoms with Gasteiger partial charge in [0.25, 0.3) is 0 Å². The number of nitrogens with one attached hydrogen (secondary N) is 2. The minimum absolute atomic E-state index is 0.0844. The van der Waals surface area contributed by atoms with Crippen molar-refractivity contribution in [2.75, 3.05) is 0 Å². The molecule has 0 fully saturated rings. The molecule has 4 rings (SSSR count). The molecule has 0 unspecified atom stereocenters. The molecule has 1 aliphatic rings. The Labute approximate surface area is 116 Å². The van der Waals surface area contributed by atoms with Gasteiger partial charge in [-0.25, -0.2) is 0 Å². The molecule has 3 heterocycles. The lowest BCUT2D eigenvalue weighted by Crippen LogP contribution is -2.28. The molecule has 1 atom stereocenters. The van der Waals surface area contributed by atoms with Crippen molar-refractivity contribution >= 4 is 0 Å². The number of aromatic amines is 1. The van der Waals surface area contributed by atoms with E-state index in [0.717, 1.165) is 18.7 Å². The van der Waals surface area contributed by atoms with E-state index >= 15 is 0 Å². The van der Waals surface area contributed by atoms with Crippen LogP contribution in [0.3, 0.4) is 0 Å². The number of nitrogens with zero attached hydrogens (tertiary/aromatic N) is 2. The van der Waals surface area contributed by atoms with Gasteiger partial charge in [-0.15, -0.1) is 0 Å². The monoisotopic (exact) mass is 266 g/mol. The highest BCUT2D eigenvalue weighted by molar-refractivity contribution is 5.48. The first kappa shape index (κ1) is 11.4. The minimum Gasteiger partial charge on any atom is -0.359 e. The average Bonchev–Trinajstić information content (AvgIpc) is 3.17. The van der Waals surface area contributed by atoms with Crippen molar-refractivity contribution in [2.24, 2.45) is 0 Å². The zero-order valence-corrected chi connectivity index (χ0v) is 10.8. The zero-order valence-electron chi connectivity index (χ0n) is 10.8. The molecule has 1 aromatic carbocycles. The summed E-state index contributed by atoms with van der Waals surface area (Å²) in [5.41, 5.74) is 3.56. The molecular formula is C15H14N4O. The van der Waals surface area contributed by atoms with E-state index in [1.54, 1.807) is 0 Å². The van der Waals surface area contributed by atoms with Gasteiger partial charge >= 0.3 is 0 Å². The van der Waals surface area contributed by atoms with Crippen LogP contribution in [0, 0.1) is 0 Å². The molecule has 2 aromatic heterocycles. The van der Waals surface area contributed by atoms with Crippen molar-refractivity contribution < 1.29 is 4.52 Å². The van der Waals surface area contributed by atoms with E-state index in [9.17, 15) is 0 Å². The van der Waals surface area contributed by atoms with Crippen LogP contribution in [0.5, 0.6) is 0 Å². The van der Waals surface area contributed by atoms with Gasteiger partial charge in [0.2, 0.25) is 11.7 Å². The molecule has 2 N–H and O–H groups in total. The summed E-state index contributed by atoms with van der Waals surface area (Å²) in [5, 5.41) is 7.48. The Kier molecular flexibility index (Phi) is 2.63. The molecule has 0 aliphatic carbocycles. The number of rotatable bonds is 2. The predicted molar refractivity (Wildman–Crippen MR) is 73.8 cm³/mol. The number of hydrogen-bond acceptors (Lipinski definition) is 4. The number of H-pyrrole nitrogens is 1. The second-order valence-corrected chi connectivity index (χ2v) is 4.95. The van der Waals surface area contributed by atoms with Gasteiger partial charge in [0.05, 0.1) is 11.7 Å². The molecular weight excluding hydrogens is 252 g/mol. The number of aromatic nitrogens is 3. The Morgan fingerprint density at radius 1 is 1.10 bits per heavy atom. The Morgan fingerprint density at radius 2 is 2.00 bits per heavy atom. The van der Waals surface area contributed by atoms with Crippen molar-refractivity contribution in [3.05, 3.63) is 59.6 Å². The fraction of sp³-hybridized carbons (Fsp3) is 0.200. The predicted octanol–water partition coefficient (Wildman–Crippen LogP) is 2.45. The van der Waals surface area contributed by atoms with Gasteiger partial charge in [-0.1, -0.05) is 29.4 Å². The minimum atomic E-state index is 0.0844. The molecule has 5 nitrogen and oxygen atoms in total. The lowest BCUT2D eigenvalue weighted by Gasteiger charge is -2.23. The third kappa shape index (κ3) is 1.92. The molecule has 0 bridgehead atoms. The second kappa shape index (κ2) is 4.61. The maximum Gasteiger partial charge on any atom is 0.244 e. The molecule has 1 aliphatic heterocycles. The first-order valence-electron chi connectivity index (χ1n) is 6.68. The highest BCUT2D eigenvalue weighted by Gasteiger charge is 2.24. The summed E-state index contributed by atoms with van der Waals surface area (Å²) in [6.07, 6.45) is 2.73. The second-order valence-electron chi connectivity index (χ2n) is 4.95. The highest BCUT2D eigenvalue weighted by Crippen LogP contribution is 2.26. The van der Waals surface area contributed by atoms with E-state index in [1.807, 2.05) is 18.3 Å². The molecule has 0 saturated carbocycles. The molecule has 0 amide bonds. The van der Waals surface area contributed by atoms with Crippen LogP contribution in [0.15, 0.2) is 47.1 Å².